The lowest BCUT2D eigenvalue weighted by atomic mass is 10.3. The Morgan fingerprint density at radius 3 is 3.16 bits per heavy atom. The number of aliphatic imine (C=N–C) groups is 2. The number of hydrogen-bond acceptors (Lipinski definition) is 5. The predicted octanol–water partition coefficient (Wildman–Crippen LogP) is -1.43. The fourth-order valence-corrected chi connectivity index (χ4v) is 1.23. The maximum Gasteiger partial charge on any atom is 0.269 e. The molecule has 0 unspecified atom stereocenters. The van der Waals surface area contributed by atoms with E-state index < -0.39 is 5.91 Å². The molecule has 100 valence electrons. The van der Waals surface area contributed by atoms with Gasteiger partial charge in [-0.3, -0.25) is 9.79 Å². The largest absolute Gasteiger partial charge is 0.364 e. The number of carbonyl (C=O) groups excluding carboxylic acids is 1. The summed E-state index contributed by atoms with van der Waals surface area (Å²) in [5.74, 6) is -0.239. The smallest absolute Gasteiger partial charge is 0.269 e. The third kappa shape index (κ3) is 4.47. The van der Waals surface area contributed by atoms with Crippen LogP contribution in [0.15, 0.2) is 16.3 Å². The summed E-state index contributed by atoms with van der Waals surface area (Å²) in [5.41, 5.74) is 5.75. The lowest BCUT2D eigenvalue weighted by molar-refractivity contribution is 0.0996. The lowest BCUT2D eigenvalue weighted by Gasteiger charge is -2.04. The van der Waals surface area contributed by atoms with E-state index in [0.29, 0.717) is 24.7 Å². The van der Waals surface area contributed by atoms with Crippen molar-refractivity contribution in [1.29, 1.82) is 5.26 Å². The number of amides is 1. The summed E-state index contributed by atoms with van der Waals surface area (Å²) in [6.45, 7) is 0.918. The minimum atomic E-state index is -0.612. The van der Waals surface area contributed by atoms with Gasteiger partial charge in [0.05, 0.1) is 18.6 Å². The molecule has 1 amide bonds. The number of aromatic nitrogens is 2. The van der Waals surface area contributed by atoms with E-state index in [9.17, 15) is 4.79 Å². The monoisotopic (exact) mass is 262 g/mol. The lowest BCUT2D eigenvalue weighted by Crippen LogP contribution is -2.36. The number of primary amides is 1. The van der Waals surface area contributed by atoms with Crippen molar-refractivity contribution >= 4 is 18.1 Å². The van der Waals surface area contributed by atoms with Crippen molar-refractivity contribution in [3.8, 4) is 6.19 Å². The van der Waals surface area contributed by atoms with Gasteiger partial charge in [0.25, 0.3) is 5.91 Å². The summed E-state index contributed by atoms with van der Waals surface area (Å²) >= 11 is 0. The highest BCUT2D eigenvalue weighted by Crippen LogP contribution is 1.97. The number of nitrogens with zero attached hydrogens (tertiary/aromatic N) is 4. The molecular weight excluding hydrogens is 248 g/mol. The molecule has 9 nitrogen and oxygen atoms in total. The van der Waals surface area contributed by atoms with Crippen LogP contribution in [0.1, 0.15) is 16.2 Å². The number of aromatic amines is 1. The Labute approximate surface area is 109 Å². The van der Waals surface area contributed by atoms with E-state index in [1.165, 1.54) is 12.5 Å². The molecule has 0 saturated carbocycles. The molecule has 0 aromatic carbocycles. The van der Waals surface area contributed by atoms with Crippen LogP contribution in [0.25, 0.3) is 0 Å². The van der Waals surface area contributed by atoms with Crippen LogP contribution in [0.4, 0.5) is 0 Å². The first-order chi connectivity index (χ1) is 9.19. The number of imidazole rings is 1. The number of nitrogens with two attached hydrogens (primary N) is 1. The van der Waals surface area contributed by atoms with Crippen LogP contribution in [0.5, 0.6) is 0 Å². The molecule has 0 saturated heterocycles. The van der Waals surface area contributed by atoms with Crippen LogP contribution in [-0.4, -0.2) is 48.2 Å². The summed E-state index contributed by atoms with van der Waals surface area (Å²) in [6, 6.07) is 0. The van der Waals surface area contributed by atoms with Gasteiger partial charge in [-0.25, -0.2) is 4.98 Å². The van der Waals surface area contributed by atoms with E-state index in [-0.39, 0.29) is 5.69 Å². The van der Waals surface area contributed by atoms with Crippen LogP contribution in [0, 0.1) is 11.5 Å². The van der Waals surface area contributed by atoms with E-state index in [1.807, 2.05) is 0 Å². The van der Waals surface area contributed by atoms with Gasteiger partial charge in [-0.05, 0) is 0 Å². The van der Waals surface area contributed by atoms with Gasteiger partial charge < -0.3 is 21.4 Å². The first kappa shape index (κ1) is 14.2. The van der Waals surface area contributed by atoms with Crippen molar-refractivity contribution in [2.24, 2.45) is 15.7 Å². The second-order valence-corrected chi connectivity index (χ2v) is 3.30. The Bertz CT molecular complexity index is 524. The van der Waals surface area contributed by atoms with Crippen molar-refractivity contribution in [1.82, 2.24) is 20.6 Å². The Balaban J connectivity index is 2.43. The summed E-state index contributed by atoms with van der Waals surface area (Å²) in [5, 5.41) is 14.0. The number of carbonyl (C=O) groups is 1. The number of nitriles is 1. The average Bonchev–Trinajstić information content (AvgIpc) is 2.85. The molecule has 9 heteroatoms. The zero-order valence-corrected chi connectivity index (χ0v) is 10.3. The van der Waals surface area contributed by atoms with Gasteiger partial charge in [-0.1, -0.05) is 0 Å². The highest BCUT2D eigenvalue weighted by Gasteiger charge is 2.08. The van der Waals surface area contributed by atoms with Gasteiger partial charge in [0.1, 0.15) is 0 Å². The second-order valence-electron chi connectivity index (χ2n) is 3.30. The Kier molecular flexibility index (Phi) is 5.55. The Morgan fingerprint density at radius 2 is 2.53 bits per heavy atom. The highest BCUT2D eigenvalue weighted by atomic mass is 16.1. The summed E-state index contributed by atoms with van der Waals surface area (Å²) < 4.78 is 0. The van der Waals surface area contributed by atoms with E-state index in [4.69, 9.17) is 11.0 Å². The van der Waals surface area contributed by atoms with Crippen LogP contribution >= 0.6 is 0 Å². The molecule has 0 atom stereocenters. The maximum atomic E-state index is 11.0. The average molecular weight is 262 g/mol. The van der Waals surface area contributed by atoms with E-state index in [1.54, 1.807) is 13.2 Å². The minimum Gasteiger partial charge on any atom is -0.364 e. The number of rotatable bonds is 5. The number of H-pyrrole nitrogens is 1. The summed E-state index contributed by atoms with van der Waals surface area (Å²) in [7, 11) is 1.65. The zero-order chi connectivity index (χ0) is 14.1. The van der Waals surface area contributed by atoms with Gasteiger partial charge in [-0.15, -0.1) is 4.99 Å². The van der Waals surface area contributed by atoms with Gasteiger partial charge >= 0.3 is 0 Å². The van der Waals surface area contributed by atoms with Gasteiger partial charge in [-0.2, -0.15) is 5.26 Å². The standard InChI is InChI=1S/C10H14N8O/c1-13-10(16-5-11)15-3-2-14-4-7-8(9(12)19)18-6-17-7/h4,6H,2-3H2,1H3,(H2,12,19)(H,17,18)(H2,13,15,16)/b14-4+. The highest BCUT2D eigenvalue weighted by molar-refractivity contribution is 5.98. The van der Waals surface area contributed by atoms with E-state index in [0.717, 1.165) is 0 Å². The van der Waals surface area contributed by atoms with E-state index in [2.05, 4.69) is 30.6 Å². The van der Waals surface area contributed by atoms with Crippen molar-refractivity contribution in [3.63, 3.8) is 0 Å². The third-order valence-electron chi connectivity index (χ3n) is 2.05. The molecule has 0 fully saturated rings. The molecule has 1 rings (SSSR count). The Morgan fingerprint density at radius 1 is 1.74 bits per heavy atom. The molecule has 1 aromatic heterocycles. The quantitative estimate of drug-likeness (QED) is 0.222. The summed E-state index contributed by atoms with van der Waals surface area (Å²) in [6.07, 6.45) is 4.52. The second kappa shape index (κ2) is 7.44. The fourth-order valence-electron chi connectivity index (χ4n) is 1.23. The molecule has 1 heterocycles. The van der Waals surface area contributed by atoms with Crippen molar-refractivity contribution in [2.45, 2.75) is 0 Å². The van der Waals surface area contributed by atoms with Gasteiger partial charge in [0.15, 0.2) is 5.69 Å². The molecule has 0 aliphatic carbocycles. The summed E-state index contributed by atoms with van der Waals surface area (Å²) in [4.78, 5) is 25.1. The molecular formula is C10H14N8O. The zero-order valence-electron chi connectivity index (χ0n) is 10.3. The van der Waals surface area contributed by atoms with Gasteiger partial charge in [0, 0.05) is 19.8 Å². The van der Waals surface area contributed by atoms with Crippen LogP contribution in [0.2, 0.25) is 0 Å². The molecule has 0 spiro atoms. The van der Waals surface area contributed by atoms with Crippen LogP contribution < -0.4 is 16.4 Å². The normalized spacial score (nSPS) is 11.3. The number of hydrogen-bond donors (Lipinski definition) is 4. The molecule has 0 radical (unpaired) electrons. The minimum absolute atomic E-state index is 0.152. The third-order valence-corrected chi connectivity index (χ3v) is 2.05. The number of guanidine groups is 1. The molecule has 0 aliphatic heterocycles. The molecule has 5 N–H and O–H groups in total. The molecule has 0 bridgehead atoms. The molecule has 19 heavy (non-hydrogen) atoms. The topological polar surface area (TPSA) is 144 Å². The molecule has 0 aliphatic rings. The van der Waals surface area contributed by atoms with Crippen molar-refractivity contribution in [3.05, 3.63) is 17.7 Å². The van der Waals surface area contributed by atoms with Crippen molar-refractivity contribution in [2.75, 3.05) is 20.1 Å². The van der Waals surface area contributed by atoms with Crippen molar-refractivity contribution < 1.29 is 4.79 Å². The Hall–Kier alpha value is -2.89. The SMILES string of the molecule is CN/C(=N\C#N)NCC/N=C/c1[nH]cnc1C(N)=O. The molecule has 1 aromatic rings. The maximum absolute atomic E-state index is 11.0. The first-order valence-corrected chi connectivity index (χ1v) is 5.40. The van der Waals surface area contributed by atoms with Crippen LogP contribution in [-0.2, 0) is 0 Å². The number of nitrogens with one attached hydrogen (secondary N) is 3. The first-order valence-electron chi connectivity index (χ1n) is 5.40. The fraction of sp³-hybridized carbons (Fsp3) is 0.300. The van der Waals surface area contributed by atoms with Crippen LogP contribution in [0.3, 0.4) is 0 Å². The van der Waals surface area contributed by atoms with E-state index >= 15 is 0 Å². The van der Waals surface area contributed by atoms with Gasteiger partial charge in [0.2, 0.25) is 12.2 Å². The predicted molar refractivity (Wildman–Crippen MR) is 69.7 cm³/mol.